The van der Waals surface area contributed by atoms with Crippen LogP contribution in [-0.4, -0.2) is 35.2 Å². The molecular formula is C22H16Cl3N3O3. The molecule has 1 N–H and O–H groups in total. The van der Waals surface area contributed by atoms with Crippen molar-refractivity contribution in [2.24, 2.45) is 11.8 Å². The number of benzene rings is 2. The molecule has 3 saturated heterocycles. The Morgan fingerprint density at radius 3 is 2.61 bits per heavy atom. The quantitative estimate of drug-likeness (QED) is 0.630. The lowest BCUT2D eigenvalue weighted by Crippen LogP contribution is -2.54. The van der Waals surface area contributed by atoms with E-state index in [-0.39, 0.29) is 28.6 Å². The molecule has 6 rings (SSSR count). The van der Waals surface area contributed by atoms with Crippen molar-refractivity contribution in [3.63, 3.8) is 0 Å². The minimum Gasteiger partial charge on any atom is -0.323 e. The van der Waals surface area contributed by atoms with Crippen LogP contribution in [0.15, 0.2) is 36.4 Å². The van der Waals surface area contributed by atoms with E-state index in [2.05, 4.69) is 5.32 Å². The van der Waals surface area contributed by atoms with Gasteiger partial charge in [-0.05, 0) is 43.7 Å². The molecule has 0 saturated carbocycles. The van der Waals surface area contributed by atoms with Crippen molar-refractivity contribution >= 4 is 63.9 Å². The first-order chi connectivity index (χ1) is 14.9. The normalized spacial score (nSPS) is 31.4. The van der Waals surface area contributed by atoms with Crippen molar-refractivity contribution in [2.75, 3.05) is 16.8 Å². The number of hydrogen-bond donors (Lipinski definition) is 1. The monoisotopic (exact) mass is 475 g/mol. The summed E-state index contributed by atoms with van der Waals surface area (Å²) in [6, 6.07) is 9.76. The third-order valence-electron chi connectivity index (χ3n) is 7.13. The van der Waals surface area contributed by atoms with Crippen molar-refractivity contribution in [3.8, 4) is 0 Å². The van der Waals surface area contributed by atoms with Gasteiger partial charge in [-0.3, -0.25) is 19.3 Å². The third kappa shape index (κ3) is 2.26. The SMILES string of the molecule is O=C1[C@H]2[C@@H](C(=O)N1c1cc(Cl)ccc1Cl)[C@]1(C(=O)Nc3c(Cl)cccc31)N1CCC[C@@H]21. The standard InChI is InChI=1S/C22H16Cl3N3O3/c23-10-6-7-12(24)15(9-10)28-19(29)16-14-5-2-8-27(14)22(17(16)20(28)30)11-3-1-4-13(25)18(11)26-21(22)31/h1,3-4,6-7,9,14,16-17H,2,5,8H2,(H,26,31)/t14-,16+,17-,22+/m0/s1. The van der Waals surface area contributed by atoms with E-state index in [9.17, 15) is 14.4 Å². The van der Waals surface area contributed by atoms with E-state index in [1.807, 2.05) is 11.0 Å². The molecular weight excluding hydrogens is 461 g/mol. The zero-order valence-corrected chi connectivity index (χ0v) is 18.3. The average molecular weight is 477 g/mol. The maximum absolute atomic E-state index is 13.9. The number of nitrogens with one attached hydrogen (secondary N) is 1. The fourth-order valence-electron chi connectivity index (χ4n) is 6.09. The van der Waals surface area contributed by atoms with Crippen LogP contribution in [-0.2, 0) is 19.9 Å². The lowest BCUT2D eigenvalue weighted by Gasteiger charge is -2.36. The van der Waals surface area contributed by atoms with E-state index >= 15 is 0 Å². The summed E-state index contributed by atoms with van der Waals surface area (Å²) in [5.74, 6) is -2.58. The van der Waals surface area contributed by atoms with E-state index in [1.54, 1.807) is 24.3 Å². The van der Waals surface area contributed by atoms with Gasteiger partial charge in [0, 0.05) is 16.6 Å². The highest BCUT2D eigenvalue weighted by Crippen LogP contribution is 2.61. The van der Waals surface area contributed by atoms with Crippen molar-refractivity contribution in [1.82, 2.24) is 4.90 Å². The van der Waals surface area contributed by atoms with Gasteiger partial charge in [0.05, 0.1) is 33.3 Å². The van der Waals surface area contributed by atoms with Gasteiger partial charge < -0.3 is 5.32 Å². The molecule has 0 radical (unpaired) electrons. The highest BCUT2D eigenvalue weighted by atomic mass is 35.5. The van der Waals surface area contributed by atoms with Crippen molar-refractivity contribution in [3.05, 3.63) is 57.0 Å². The molecule has 31 heavy (non-hydrogen) atoms. The lowest BCUT2D eigenvalue weighted by atomic mass is 9.75. The summed E-state index contributed by atoms with van der Waals surface area (Å²) >= 11 is 18.9. The van der Waals surface area contributed by atoms with Gasteiger partial charge in [-0.15, -0.1) is 0 Å². The van der Waals surface area contributed by atoms with Crippen LogP contribution in [0, 0.1) is 11.8 Å². The molecule has 0 unspecified atom stereocenters. The molecule has 4 atom stereocenters. The molecule has 0 bridgehead atoms. The van der Waals surface area contributed by atoms with Crippen LogP contribution >= 0.6 is 34.8 Å². The van der Waals surface area contributed by atoms with E-state index in [1.165, 1.54) is 6.07 Å². The van der Waals surface area contributed by atoms with Crippen LogP contribution in [0.1, 0.15) is 18.4 Å². The molecule has 0 aliphatic carbocycles. The van der Waals surface area contributed by atoms with E-state index in [4.69, 9.17) is 34.8 Å². The van der Waals surface area contributed by atoms with E-state index in [0.29, 0.717) is 27.8 Å². The Morgan fingerprint density at radius 2 is 1.81 bits per heavy atom. The zero-order chi connectivity index (χ0) is 21.7. The van der Waals surface area contributed by atoms with Crippen LogP contribution in [0.4, 0.5) is 11.4 Å². The Morgan fingerprint density at radius 1 is 1.00 bits per heavy atom. The van der Waals surface area contributed by atoms with Crippen LogP contribution in [0.2, 0.25) is 15.1 Å². The number of para-hydroxylation sites is 1. The lowest BCUT2D eigenvalue weighted by molar-refractivity contribution is -0.135. The van der Waals surface area contributed by atoms with Gasteiger partial charge in [-0.1, -0.05) is 46.9 Å². The number of anilines is 2. The molecule has 2 aromatic rings. The molecule has 0 aromatic heterocycles. The minimum absolute atomic E-state index is 0.208. The smallest absolute Gasteiger partial charge is 0.250 e. The van der Waals surface area contributed by atoms with Crippen molar-refractivity contribution in [2.45, 2.75) is 24.4 Å². The van der Waals surface area contributed by atoms with Gasteiger partial charge >= 0.3 is 0 Å². The van der Waals surface area contributed by atoms with Gasteiger partial charge in [0.1, 0.15) is 5.54 Å². The van der Waals surface area contributed by atoms with Gasteiger partial charge in [0.25, 0.3) is 5.91 Å². The molecule has 4 aliphatic heterocycles. The topological polar surface area (TPSA) is 69.7 Å². The van der Waals surface area contributed by atoms with Crippen LogP contribution in [0.5, 0.6) is 0 Å². The largest absolute Gasteiger partial charge is 0.323 e. The number of fused-ring (bicyclic) bond motifs is 7. The van der Waals surface area contributed by atoms with Gasteiger partial charge in [0.15, 0.2) is 0 Å². The fourth-order valence-corrected chi connectivity index (χ4v) is 6.68. The maximum atomic E-state index is 13.9. The molecule has 3 fully saturated rings. The molecule has 6 nitrogen and oxygen atoms in total. The summed E-state index contributed by atoms with van der Waals surface area (Å²) in [4.78, 5) is 44.2. The molecule has 3 amide bonds. The molecule has 4 heterocycles. The van der Waals surface area contributed by atoms with Crippen LogP contribution in [0.3, 0.4) is 0 Å². The Bertz CT molecular complexity index is 1200. The first kappa shape index (κ1) is 19.6. The highest BCUT2D eigenvalue weighted by molar-refractivity contribution is 6.38. The number of imide groups is 1. The van der Waals surface area contributed by atoms with E-state index < -0.39 is 23.3 Å². The molecule has 2 aromatic carbocycles. The van der Waals surface area contributed by atoms with Crippen LogP contribution in [0.25, 0.3) is 0 Å². The minimum atomic E-state index is -1.27. The molecule has 158 valence electrons. The van der Waals surface area contributed by atoms with Crippen molar-refractivity contribution < 1.29 is 14.4 Å². The number of amides is 3. The Hall–Kier alpha value is -2.12. The number of carbonyl (C=O) groups excluding carboxylic acids is 3. The first-order valence-electron chi connectivity index (χ1n) is 10.1. The maximum Gasteiger partial charge on any atom is 0.250 e. The third-order valence-corrected chi connectivity index (χ3v) is 8.00. The first-order valence-corrected chi connectivity index (χ1v) is 11.2. The summed E-state index contributed by atoms with van der Waals surface area (Å²) in [6.45, 7) is 0.634. The second-order valence-corrected chi connectivity index (χ2v) is 9.65. The molecule has 4 aliphatic rings. The summed E-state index contributed by atoms with van der Waals surface area (Å²) in [6.07, 6.45) is 1.58. The van der Waals surface area contributed by atoms with Crippen LogP contribution < -0.4 is 10.2 Å². The second kappa shape index (κ2) is 6.45. The van der Waals surface area contributed by atoms with Gasteiger partial charge in [-0.25, -0.2) is 4.90 Å². The molecule has 1 spiro atoms. The summed E-state index contributed by atoms with van der Waals surface area (Å²) in [7, 11) is 0. The Balaban J connectivity index is 1.58. The highest BCUT2D eigenvalue weighted by Gasteiger charge is 2.74. The molecule has 9 heteroatoms. The van der Waals surface area contributed by atoms with E-state index in [0.717, 1.165) is 17.7 Å². The predicted molar refractivity (Wildman–Crippen MR) is 117 cm³/mol. The zero-order valence-electron chi connectivity index (χ0n) is 16.1. The van der Waals surface area contributed by atoms with Gasteiger partial charge in [0.2, 0.25) is 11.8 Å². The Labute approximate surface area is 193 Å². The predicted octanol–water partition coefficient (Wildman–Crippen LogP) is 4.08. The summed E-state index contributed by atoms with van der Waals surface area (Å²) in [5, 5.41) is 3.92. The number of nitrogens with zero attached hydrogens (tertiary/aromatic N) is 2. The average Bonchev–Trinajstić information content (AvgIpc) is 3.44. The Kier molecular flexibility index (Phi) is 4.07. The summed E-state index contributed by atoms with van der Waals surface area (Å²) < 4.78 is 0. The fraction of sp³-hybridized carbons (Fsp3) is 0.318. The number of halogens is 3. The number of hydrogen-bond acceptors (Lipinski definition) is 4. The van der Waals surface area contributed by atoms with Crippen molar-refractivity contribution in [1.29, 1.82) is 0 Å². The second-order valence-electron chi connectivity index (χ2n) is 8.40. The summed E-state index contributed by atoms with van der Waals surface area (Å²) in [5.41, 5.74) is 0.158. The number of rotatable bonds is 1. The number of carbonyl (C=O) groups is 3. The van der Waals surface area contributed by atoms with Gasteiger partial charge in [-0.2, -0.15) is 0 Å².